The number of hydrogen-bond donors (Lipinski definition) is 1. The molecule has 0 spiro atoms. The van der Waals surface area contributed by atoms with Crippen LogP contribution in [0.4, 0.5) is 0 Å². The minimum absolute atomic E-state index is 0.155. The molecule has 0 amide bonds. The Bertz CT molecular complexity index is 656. The Hall–Kier alpha value is -1.50. The van der Waals surface area contributed by atoms with Crippen molar-refractivity contribution in [3.8, 4) is 5.69 Å². The standard InChI is InChI=1S/C15H20N4OS/c1-12-16-18(11-17-9-7-14(20)8-10-17)15(21)19(12)13-5-3-2-4-6-13/h2-6,14,20H,7-11H2,1H3. The number of para-hydroxylation sites is 1. The smallest absolute Gasteiger partial charge is 0.203 e. The van der Waals surface area contributed by atoms with Crippen molar-refractivity contribution in [2.24, 2.45) is 0 Å². The monoisotopic (exact) mass is 304 g/mol. The lowest BCUT2D eigenvalue weighted by Gasteiger charge is -2.28. The van der Waals surface area contributed by atoms with Gasteiger partial charge in [-0.05, 0) is 44.1 Å². The van der Waals surface area contributed by atoms with Crippen LogP contribution in [0, 0.1) is 11.7 Å². The molecule has 1 N–H and O–H groups in total. The molecular formula is C15H20N4OS. The molecule has 1 saturated heterocycles. The molecule has 21 heavy (non-hydrogen) atoms. The van der Waals surface area contributed by atoms with E-state index in [0.29, 0.717) is 11.4 Å². The van der Waals surface area contributed by atoms with Crippen molar-refractivity contribution in [2.45, 2.75) is 32.5 Å². The van der Waals surface area contributed by atoms with Crippen LogP contribution in [0.1, 0.15) is 18.7 Å². The Morgan fingerprint density at radius 1 is 1.24 bits per heavy atom. The van der Waals surface area contributed by atoms with E-state index in [-0.39, 0.29) is 6.10 Å². The van der Waals surface area contributed by atoms with Gasteiger partial charge in [0.2, 0.25) is 4.77 Å². The van der Waals surface area contributed by atoms with Crippen LogP contribution in [0.3, 0.4) is 0 Å². The van der Waals surface area contributed by atoms with Crippen molar-refractivity contribution in [2.75, 3.05) is 13.1 Å². The van der Waals surface area contributed by atoms with E-state index < -0.39 is 0 Å². The number of piperidine rings is 1. The Morgan fingerprint density at radius 2 is 1.90 bits per heavy atom. The number of benzene rings is 1. The number of aliphatic hydroxyl groups is 1. The maximum atomic E-state index is 9.57. The SMILES string of the molecule is Cc1nn(CN2CCC(O)CC2)c(=S)n1-c1ccccc1. The zero-order valence-electron chi connectivity index (χ0n) is 12.1. The van der Waals surface area contributed by atoms with Crippen LogP contribution in [-0.2, 0) is 6.67 Å². The lowest BCUT2D eigenvalue weighted by atomic mass is 10.1. The van der Waals surface area contributed by atoms with Gasteiger partial charge in [-0.3, -0.25) is 9.47 Å². The molecule has 112 valence electrons. The number of aryl methyl sites for hydroxylation is 1. The van der Waals surface area contributed by atoms with Crippen molar-refractivity contribution in [1.29, 1.82) is 0 Å². The summed E-state index contributed by atoms with van der Waals surface area (Å²) < 4.78 is 4.58. The molecule has 6 heteroatoms. The van der Waals surface area contributed by atoms with Gasteiger partial charge in [-0.15, -0.1) is 0 Å². The number of aromatic nitrogens is 3. The van der Waals surface area contributed by atoms with Gasteiger partial charge in [0, 0.05) is 18.8 Å². The number of nitrogens with zero attached hydrogens (tertiary/aromatic N) is 4. The van der Waals surface area contributed by atoms with Gasteiger partial charge < -0.3 is 5.11 Å². The minimum atomic E-state index is -0.155. The van der Waals surface area contributed by atoms with Gasteiger partial charge in [0.25, 0.3) is 0 Å². The van der Waals surface area contributed by atoms with E-state index in [9.17, 15) is 5.11 Å². The fraction of sp³-hybridized carbons (Fsp3) is 0.467. The quantitative estimate of drug-likeness (QED) is 0.883. The molecule has 1 fully saturated rings. The first kappa shape index (κ1) is 14.4. The highest BCUT2D eigenvalue weighted by molar-refractivity contribution is 7.71. The highest BCUT2D eigenvalue weighted by Crippen LogP contribution is 2.14. The van der Waals surface area contributed by atoms with Crippen LogP contribution >= 0.6 is 12.2 Å². The van der Waals surface area contributed by atoms with Crippen LogP contribution in [0.2, 0.25) is 0 Å². The second-order valence-corrected chi connectivity index (χ2v) is 5.86. The third-order valence-corrected chi connectivity index (χ3v) is 4.30. The van der Waals surface area contributed by atoms with Crippen molar-refractivity contribution in [3.05, 3.63) is 40.9 Å². The van der Waals surface area contributed by atoms with Crippen molar-refractivity contribution >= 4 is 12.2 Å². The van der Waals surface area contributed by atoms with E-state index in [2.05, 4.69) is 10.00 Å². The maximum Gasteiger partial charge on any atom is 0.203 e. The Labute approximate surface area is 129 Å². The first-order chi connectivity index (χ1) is 10.1. The summed E-state index contributed by atoms with van der Waals surface area (Å²) in [7, 11) is 0. The zero-order chi connectivity index (χ0) is 14.8. The van der Waals surface area contributed by atoms with E-state index in [1.165, 1.54) is 0 Å². The second kappa shape index (κ2) is 6.09. The summed E-state index contributed by atoms with van der Waals surface area (Å²) in [5, 5.41) is 14.1. The average molecular weight is 304 g/mol. The molecule has 0 radical (unpaired) electrons. The molecule has 1 aliphatic heterocycles. The highest BCUT2D eigenvalue weighted by atomic mass is 32.1. The summed E-state index contributed by atoms with van der Waals surface area (Å²) in [4.78, 5) is 2.28. The third kappa shape index (κ3) is 3.07. The van der Waals surface area contributed by atoms with Crippen LogP contribution < -0.4 is 0 Å². The molecule has 1 aromatic heterocycles. The van der Waals surface area contributed by atoms with E-state index in [1.54, 1.807) is 0 Å². The number of aliphatic hydroxyl groups excluding tert-OH is 1. The first-order valence-electron chi connectivity index (χ1n) is 7.27. The van der Waals surface area contributed by atoms with Gasteiger partial charge in [-0.2, -0.15) is 5.10 Å². The summed E-state index contributed by atoms with van der Waals surface area (Å²) in [6, 6.07) is 10.1. The summed E-state index contributed by atoms with van der Waals surface area (Å²) >= 11 is 5.57. The topological polar surface area (TPSA) is 46.2 Å². The Balaban J connectivity index is 1.83. The molecule has 0 saturated carbocycles. The van der Waals surface area contributed by atoms with Crippen LogP contribution in [-0.4, -0.2) is 43.5 Å². The predicted octanol–water partition coefficient (Wildman–Crippen LogP) is 2.13. The lowest BCUT2D eigenvalue weighted by Crippen LogP contribution is -2.37. The number of rotatable bonds is 3. The molecule has 2 aromatic rings. The minimum Gasteiger partial charge on any atom is -0.393 e. The maximum absolute atomic E-state index is 9.57. The Kier molecular flexibility index (Phi) is 4.19. The zero-order valence-corrected chi connectivity index (χ0v) is 13.0. The summed E-state index contributed by atoms with van der Waals surface area (Å²) in [5.41, 5.74) is 1.04. The van der Waals surface area contributed by atoms with Gasteiger partial charge in [0.1, 0.15) is 5.82 Å². The van der Waals surface area contributed by atoms with Crippen molar-refractivity contribution in [3.63, 3.8) is 0 Å². The molecule has 0 atom stereocenters. The molecule has 1 aliphatic rings. The molecule has 1 aromatic carbocycles. The van der Waals surface area contributed by atoms with Gasteiger partial charge in [-0.25, -0.2) is 4.68 Å². The van der Waals surface area contributed by atoms with Gasteiger partial charge in [0.05, 0.1) is 12.8 Å². The summed E-state index contributed by atoms with van der Waals surface area (Å²) in [6.45, 7) is 4.44. The fourth-order valence-electron chi connectivity index (χ4n) is 2.73. The molecule has 0 aliphatic carbocycles. The van der Waals surface area contributed by atoms with E-state index >= 15 is 0 Å². The second-order valence-electron chi connectivity index (χ2n) is 5.49. The lowest BCUT2D eigenvalue weighted by molar-refractivity contribution is 0.0650. The molecule has 0 unspecified atom stereocenters. The predicted molar refractivity (Wildman–Crippen MR) is 83.9 cm³/mol. The van der Waals surface area contributed by atoms with Gasteiger partial charge in [-0.1, -0.05) is 18.2 Å². The molecule has 2 heterocycles. The molecular weight excluding hydrogens is 284 g/mol. The molecule has 5 nitrogen and oxygen atoms in total. The fourth-order valence-corrected chi connectivity index (χ4v) is 3.07. The number of likely N-dealkylation sites (tertiary alicyclic amines) is 1. The molecule has 0 bridgehead atoms. The number of hydrogen-bond acceptors (Lipinski definition) is 4. The van der Waals surface area contributed by atoms with Crippen molar-refractivity contribution in [1.82, 2.24) is 19.2 Å². The first-order valence-corrected chi connectivity index (χ1v) is 7.68. The highest BCUT2D eigenvalue weighted by Gasteiger charge is 2.18. The Morgan fingerprint density at radius 3 is 2.57 bits per heavy atom. The van der Waals surface area contributed by atoms with Crippen LogP contribution in [0.5, 0.6) is 0 Å². The normalized spacial score (nSPS) is 17.2. The summed E-state index contributed by atoms with van der Waals surface area (Å²) in [5.74, 6) is 0.892. The van der Waals surface area contributed by atoms with Gasteiger partial charge >= 0.3 is 0 Å². The van der Waals surface area contributed by atoms with Crippen LogP contribution in [0.25, 0.3) is 5.69 Å². The van der Waals surface area contributed by atoms with E-state index in [4.69, 9.17) is 12.2 Å². The summed E-state index contributed by atoms with van der Waals surface area (Å²) in [6.07, 6.45) is 1.50. The van der Waals surface area contributed by atoms with E-state index in [0.717, 1.165) is 37.4 Å². The average Bonchev–Trinajstić information content (AvgIpc) is 2.77. The third-order valence-electron chi connectivity index (χ3n) is 3.91. The van der Waals surface area contributed by atoms with Gasteiger partial charge in [0.15, 0.2) is 0 Å². The van der Waals surface area contributed by atoms with Crippen LogP contribution in [0.15, 0.2) is 30.3 Å². The van der Waals surface area contributed by atoms with Crippen molar-refractivity contribution < 1.29 is 5.11 Å². The molecule has 3 rings (SSSR count). The largest absolute Gasteiger partial charge is 0.393 e. The van der Waals surface area contributed by atoms with E-state index in [1.807, 2.05) is 46.5 Å².